The van der Waals surface area contributed by atoms with E-state index >= 15 is 0 Å². The summed E-state index contributed by atoms with van der Waals surface area (Å²) in [5, 5.41) is 0. The van der Waals surface area contributed by atoms with Crippen LogP contribution in [0.25, 0.3) is 0 Å². The normalized spacial score (nSPS) is 19.5. The number of hydrogen-bond acceptors (Lipinski definition) is 2. The molecule has 1 heterocycles. The molecule has 5 heteroatoms. The lowest BCUT2D eigenvalue weighted by molar-refractivity contribution is -0.139. The molecule has 1 saturated carbocycles. The summed E-state index contributed by atoms with van der Waals surface area (Å²) in [6.45, 7) is 1.45. The molecule has 1 aliphatic heterocycles. The van der Waals surface area contributed by atoms with Crippen LogP contribution in [0.3, 0.4) is 0 Å². The Kier molecular flexibility index (Phi) is 4.19. The maximum absolute atomic E-state index is 13.8. The minimum absolute atomic E-state index is 0.0251. The van der Waals surface area contributed by atoms with Gasteiger partial charge in [0, 0.05) is 43.3 Å². The van der Waals surface area contributed by atoms with Crippen molar-refractivity contribution < 1.29 is 18.3 Å². The molecule has 2 aliphatic rings. The van der Waals surface area contributed by atoms with Crippen molar-refractivity contribution >= 4 is 5.91 Å². The molecule has 3 rings (SSSR count). The van der Waals surface area contributed by atoms with E-state index in [0.717, 1.165) is 31.7 Å². The summed E-state index contributed by atoms with van der Waals surface area (Å²) in [7, 11) is 0. The molecule has 0 spiro atoms. The lowest BCUT2D eigenvalue weighted by Crippen LogP contribution is -2.39. The van der Waals surface area contributed by atoms with Crippen LogP contribution in [0.1, 0.15) is 31.2 Å². The number of nitrogens with zero attached hydrogens (tertiary/aromatic N) is 1. The quantitative estimate of drug-likeness (QED) is 0.855. The number of rotatable bonds is 4. The third-order valence-electron chi connectivity index (χ3n) is 4.20. The van der Waals surface area contributed by atoms with Crippen LogP contribution >= 0.6 is 0 Å². The van der Waals surface area contributed by atoms with Crippen molar-refractivity contribution in [2.45, 2.75) is 38.3 Å². The monoisotopic (exact) mass is 295 g/mol. The van der Waals surface area contributed by atoms with Gasteiger partial charge in [0.05, 0.1) is 0 Å². The second kappa shape index (κ2) is 6.10. The first-order chi connectivity index (χ1) is 10.1. The van der Waals surface area contributed by atoms with E-state index in [1.54, 1.807) is 4.90 Å². The molecule has 1 aliphatic carbocycles. The maximum Gasteiger partial charge on any atom is 0.226 e. The minimum atomic E-state index is -0.593. The zero-order valence-corrected chi connectivity index (χ0v) is 11.9. The van der Waals surface area contributed by atoms with Gasteiger partial charge in [-0.3, -0.25) is 4.79 Å². The van der Waals surface area contributed by atoms with E-state index in [1.807, 2.05) is 0 Å². The van der Waals surface area contributed by atoms with Crippen LogP contribution < -0.4 is 0 Å². The molecule has 0 unspecified atom stereocenters. The lowest BCUT2D eigenvalue weighted by Gasteiger charge is -2.29. The molecule has 0 bridgehead atoms. The molecule has 0 aromatic heterocycles. The molecular formula is C16H19F2NO2. The van der Waals surface area contributed by atoms with E-state index in [1.165, 1.54) is 12.1 Å². The second-order valence-electron chi connectivity index (χ2n) is 5.82. The van der Waals surface area contributed by atoms with Crippen LogP contribution in [-0.4, -0.2) is 30.1 Å². The van der Waals surface area contributed by atoms with E-state index in [4.69, 9.17) is 4.74 Å². The van der Waals surface area contributed by atoms with Gasteiger partial charge < -0.3 is 9.64 Å². The van der Waals surface area contributed by atoms with Gasteiger partial charge in [0.2, 0.25) is 5.91 Å². The molecular weight excluding hydrogens is 276 g/mol. The van der Waals surface area contributed by atoms with Gasteiger partial charge in [-0.05, 0) is 31.7 Å². The van der Waals surface area contributed by atoms with Crippen molar-refractivity contribution in [2.75, 3.05) is 13.2 Å². The Morgan fingerprint density at radius 2 is 1.90 bits per heavy atom. The summed E-state index contributed by atoms with van der Waals surface area (Å²) in [6, 6.07) is 3.75. The van der Waals surface area contributed by atoms with Crippen molar-refractivity contribution in [3.05, 3.63) is 35.4 Å². The number of carbonyl (C=O) groups is 1. The van der Waals surface area contributed by atoms with Crippen molar-refractivity contribution in [3.63, 3.8) is 0 Å². The van der Waals surface area contributed by atoms with E-state index in [0.29, 0.717) is 18.8 Å². The van der Waals surface area contributed by atoms with Gasteiger partial charge in [0.15, 0.2) is 0 Å². The van der Waals surface area contributed by atoms with Crippen LogP contribution in [-0.2, 0) is 16.1 Å². The minimum Gasteiger partial charge on any atom is -0.381 e. The van der Waals surface area contributed by atoms with Gasteiger partial charge in [-0.1, -0.05) is 6.07 Å². The second-order valence-corrected chi connectivity index (χ2v) is 5.82. The smallest absolute Gasteiger partial charge is 0.226 e. The first kappa shape index (κ1) is 14.4. The summed E-state index contributed by atoms with van der Waals surface area (Å²) < 4.78 is 32.1. The summed E-state index contributed by atoms with van der Waals surface area (Å²) in [5.74, 6) is -1.11. The van der Waals surface area contributed by atoms with Gasteiger partial charge in [0.1, 0.15) is 11.6 Å². The van der Waals surface area contributed by atoms with Crippen molar-refractivity contribution in [1.29, 1.82) is 0 Å². The fraction of sp³-hybridized carbons (Fsp3) is 0.562. The Balaban J connectivity index is 1.73. The third-order valence-corrected chi connectivity index (χ3v) is 4.20. The Morgan fingerprint density at radius 1 is 1.19 bits per heavy atom. The van der Waals surface area contributed by atoms with Gasteiger partial charge in [-0.15, -0.1) is 0 Å². The highest BCUT2D eigenvalue weighted by Crippen LogP contribution is 2.32. The number of amides is 1. The molecule has 2 fully saturated rings. The number of halogens is 2. The largest absolute Gasteiger partial charge is 0.381 e. The number of benzene rings is 1. The SMILES string of the molecule is O=C(C1CCOCC1)N(Cc1ccc(F)cc1F)C1CC1. The highest BCUT2D eigenvalue weighted by molar-refractivity contribution is 5.79. The Labute approximate surface area is 122 Å². The fourth-order valence-electron chi connectivity index (χ4n) is 2.79. The van der Waals surface area contributed by atoms with Crippen LogP contribution in [0.4, 0.5) is 8.78 Å². The predicted octanol–water partition coefficient (Wildman–Crippen LogP) is 2.88. The highest BCUT2D eigenvalue weighted by atomic mass is 19.1. The molecule has 3 nitrogen and oxygen atoms in total. The van der Waals surface area contributed by atoms with Crippen LogP contribution in [0.5, 0.6) is 0 Å². The van der Waals surface area contributed by atoms with E-state index in [2.05, 4.69) is 0 Å². The third kappa shape index (κ3) is 3.40. The molecule has 1 aromatic rings. The topological polar surface area (TPSA) is 29.5 Å². The van der Waals surface area contributed by atoms with Gasteiger partial charge in [0.25, 0.3) is 0 Å². The van der Waals surface area contributed by atoms with Gasteiger partial charge >= 0.3 is 0 Å². The van der Waals surface area contributed by atoms with Crippen molar-refractivity contribution in [3.8, 4) is 0 Å². The Bertz CT molecular complexity index is 525. The van der Waals surface area contributed by atoms with Crippen molar-refractivity contribution in [1.82, 2.24) is 4.90 Å². The van der Waals surface area contributed by atoms with Crippen molar-refractivity contribution in [2.24, 2.45) is 5.92 Å². The lowest BCUT2D eigenvalue weighted by atomic mass is 9.98. The molecule has 21 heavy (non-hydrogen) atoms. The first-order valence-electron chi connectivity index (χ1n) is 7.47. The summed E-state index contributed by atoms with van der Waals surface area (Å²) >= 11 is 0. The van der Waals surface area contributed by atoms with Crippen LogP contribution in [0.2, 0.25) is 0 Å². The first-order valence-corrected chi connectivity index (χ1v) is 7.47. The number of carbonyl (C=O) groups excluding carboxylic acids is 1. The predicted molar refractivity (Wildman–Crippen MR) is 73.5 cm³/mol. The average molecular weight is 295 g/mol. The van der Waals surface area contributed by atoms with Gasteiger partial charge in [-0.25, -0.2) is 8.78 Å². The molecule has 114 valence electrons. The summed E-state index contributed by atoms with van der Waals surface area (Å²) in [4.78, 5) is 14.4. The number of hydrogen-bond donors (Lipinski definition) is 0. The molecule has 0 atom stereocenters. The summed E-state index contributed by atoms with van der Waals surface area (Å²) in [5.41, 5.74) is 0.378. The Morgan fingerprint density at radius 3 is 2.52 bits per heavy atom. The molecule has 0 radical (unpaired) electrons. The standard InChI is InChI=1S/C16H19F2NO2/c17-13-2-1-12(15(18)9-13)10-19(14-3-4-14)16(20)11-5-7-21-8-6-11/h1-2,9,11,14H,3-8,10H2. The molecule has 1 amide bonds. The van der Waals surface area contributed by atoms with Gasteiger partial charge in [-0.2, -0.15) is 0 Å². The molecule has 1 saturated heterocycles. The van der Waals surface area contributed by atoms with E-state index in [-0.39, 0.29) is 24.4 Å². The van der Waals surface area contributed by atoms with E-state index in [9.17, 15) is 13.6 Å². The summed E-state index contributed by atoms with van der Waals surface area (Å²) in [6.07, 6.45) is 3.40. The Hall–Kier alpha value is -1.49. The zero-order valence-electron chi connectivity index (χ0n) is 11.9. The zero-order chi connectivity index (χ0) is 14.8. The number of ether oxygens (including phenoxy) is 1. The highest BCUT2D eigenvalue weighted by Gasteiger charge is 2.36. The van der Waals surface area contributed by atoms with E-state index < -0.39 is 11.6 Å². The average Bonchev–Trinajstić information content (AvgIpc) is 3.31. The maximum atomic E-state index is 13.8. The van der Waals surface area contributed by atoms with Crippen LogP contribution in [0.15, 0.2) is 18.2 Å². The molecule has 1 aromatic carbocycles. The fourth-order valence-corrected chi connectivity index (χ4v) is 2.79. The van der Waals surface area contributed by atoms with Crippen LogP contribution in [0, 0.1) is 17.6 Å². The molecule has 0 N–H and O–H groups in total.